The van der Waals surface area contributed by atoms with E-state index in [4.69, 9.17) is 4.74 Å². The van der Waals surface area contributed by atoms with Crippen LogP contribution >= 0.6 is 0 Å². The predicted molar refractivity (Wildman–Crippen MR) is 92.6 cm³/mol. The standard InChI is InChI=1S/C18H20F3N3O2/c1-8-12(19)5-11-14(13(8)20)23(4)18(25)16-15(11)24-10(7-26-16)6-22(3)9(2)17(24)21/h5,9-10,17H,6-7H2,1-4H3. The van der Waals surface area contributed by atoms with Gasteiger partial charge in [0, 0.05) is 24.5 Å². The van der Waals surface area contributed by atoms with E-state index in [-0.39, 0.29) is 40.6 Å². The first kappa shape index (κ1) is 17.2. The monoisotopic (exact) mass is 367 g/mol. The average molecular weight is 367 g/mol. The highest BCUT2D eigenvalue weighted by atomic mass is 19.1. The van der Waals surface area contributed by atoms with E-state index < -0.39 is 29.5 Å². The second kappa shape index (κ2) is 5.64. The Labute approximate surface area is 148 Å². The molecular formula is C18H20F3N3O2. The van der Waals surface area contributed by atoms with Gasteiger partial charge in [0.2, 0.25) is 5.75 Å². The fourth-order valence-corrected chi connectivity index (χ4v) is 3.93. The molecule has 0 aliphatic carbocycles. The molecule has 0 N–H and O–H groups in total. The molecule has 2 aliphatic heterocycles. The molecule has 0 saturated carbocycles. The van der Waals surface area contributed by atoms with Gasteiger partial charge in [-0.3, -0.25) is 9.69 Å². The Kier molecular flexibility index (Phi) is 3.73. The first-order valence-corrected chi connectivity index (χ1v) is 8.50. The van der Waals surface area contributed by atoms with E-state index in [1.54, 1.807) is 6.92 Å². The van der Waals surface area contributed by atoms with Crippen molar-refractivity contribution in [3.8, 4) is 5.75 Å². The normalized spacial score (nSPS) is 25.8. The van der Waals surface area contributed by atoms with Crippen LogP contribution in [0.3, 0.4) is 0 Å². The summed E-state index contributed by atoms with van der Waals surface area (Å²) in [6.07, 6.45) is -1.43. The smallest absolute Gasteiger partial charge is 0.295 e. The zero-order valence-corrected chi connectivity index (χ0v) is 15.0. The Balaban J connectivity index is 2.09. The number of rotatable bonds is 0. The van der Waals surface area contributed by atoms with Gasteiger partial charge in [-0.25, -0.2) is 13.2 Å². The van der Waals surface area contributed by atoms with Crippen LogP contribution in [0.2, 0.25) is 0 Å². The molecule has 1 fully saturated rings. The molecule has 2 aliphatic rings. The van der Waals surface area contributed by atoms with Gasteiger partial charge in [-0.15, -0.1) is 0 Å². The Hall–Kier alpha value is -2.22. The molecule has 140 valence electrons. The lowest BCUT2D eigenvalue weighted by Gasteiger charge is -2.49. The van der Waals surface area contributed by atoms with Gasteiger partial charge in [0.25, 0.3) is 5.56 Å². The fraction of sp³-hybridized carbons (Fsp3) is 0.500. The fourth-order valence-electron chi connectivity index (χ4n) is 3.93. The van der Waals surface area contributed by atoms with Crippen LogP contribution in [0.1, 0.15) is 12.5 Å². The van der Waals surface area contributed by atoms with E-state index in [0.29, 0.717) is 6.54 Å². The number of halogens is 3. The molecule has 1 aromatic heterocycles. The quantitative estimate of drug-likeness (QED) is 0.670. The Morgan fingerprint density at radius 1 is 1.27 bits per heavy atom. The van der Waals surface area contributed by atoms with Gasteiger partial charge in [0.15, 0.2) is 12.1 Å². The van der Waals surface area contributed by atoms with E-state index in [0.717, 1.165) is 10.6 Å². The van der Waals surface area contributed by atoms with Gasteiger partial charge in [-0.05, 0) is 27.0 Å². The lowest BCUT2D eigenvalue weighted by Crippen LogP contribution is -2.64. The first-order valence-electron chi connectivity index (χ1n) is 8.50. The van der Waals surface area contributed by atoms with Gasteiger partial charge >= 0.3 is 0 Å². The number of hydrogen-bond acceptors (Lipinski definition) is 4. The number of fused-ring (bicyclic) bond motifs is 5. The maximum absolute atomic E-state index is 15.2. The highest BCUT2D eigenvalue weighted by Crippen LogP contribution is 2.42. The van der Waals surface area contributed by atoms with Gasteiger partial charge < -0.3 is 14.2 Å². The molecular weight excluding hydrogens is 347 g/mol. The molecule has 3 atom stereocenters. The van der Waals surface area contributed by atoms with E-state index in [9.17, 15) is 13.6 Å². The minimum Gasteiger partial charge on any atom is -0.484 e. The summed E-state index contributed by atoms with van der Waals surface area (Å²) in [5.41, 5.74) is -0.640. The molecule has 3 unspecified atom stereocenters. The molecule has 4 rings (SSSR count). The highest BCUT2D eigenvalue weighted by Gasteiger charge is 2.44. The van der Waals surface area contributed by atoms with Crippen molar-refractivity contribution in [1.29, 1.82) is 0 Å². The first-order chi connectivity index (χ1) is 12.2. The maximum atomic E-state index is 15.2. The number of pyridine rings is 1. The van der Waals surface area contributed by atoms with Crippen LogP contribution in [0.25, 0.3) is 10.9 Å². The van der Waals surface area contributed by atoms with Gasteiger partial charge in [-0.2, -0.15) is 0 Å². The highest BCUT2D eigenvalue weighted by molar-refractivity contribution is 5.96. The molecule has 8 heteroatoms. The van der Waals surface area contributed by atoms with Crippen LogP contribution in [0, 0.1) is 18.6 Å². The molecule has 2 aromatic rings. The lowest BCUT2D eigenvalue weighted by atomic mass is 10.0. The number of anilines is 1. The number of alkyl halides is 1. The molecule has 26 heavy (non-hydrogen) atoms. The summed E-state index contributed by atoms with van der Waals surface area (Å²) < 4.78 is 51.0. The number of likely N-dealkylation sites (N-methyl/N-ethyl adjacent to an activating group) is 1. The van der Waals surface area contributed by atoms with Gasteiger partial charge in [-0.1, -0.05) is 0 Å². The second-order valence-electron chi connectivity index (χ2n) is 7.16. The summed E-state index contributed by atoms with van der Waals surface area (Å²) in [5.74, 6) is -1.61. The molecule has 1 aromatic carbocycles. The van der Waals surface area contributed by atoms with Crippen molar-refractivity contribution in [3.63, 3.8) is 0 Å². The molecule has 0 spiro atoms. The SMILES string of the molecule is Cc1c(F)cc2c3c(c(=O)n(C)c2c1F)OCC1CN(C)C(C)C(F)N31. The minimum absolute atomic E-state index is 0.0457. The molecule has 0 radical (unpaired) electrons. The van der Waals surface area contributed by atoms with Crippen molar-refractivity contribution in [2.24, 2.45) is 7.05 Å². The molecule has 0 amide bonds. The van der Waals surface area contributed by atoms with Crippen molar-refractivity contribution in [1.82, 2.24) is 9.47 Å². The third kappa shape index (κ3) is 2.11. The van der Waals surface area contributed by atoms with Crippen LogP contribution in [-0.4, -0.2) is 48.0 Å². The van der Waals surface area contributed by atoms with Gasteiger partial charge in [0.1, 0.15) is 12.4 Å². The number of nitrogens with zero attached hydrogens (tertiary/aromatic N) is 3. The predicted octanol–water partition coefficient (Wildman–Crippen LogP) is 2.32. The molecule has 3 heterocycles. The third-order valence-electron chi connectivity index (χ3n) is 5.66. The van der Waals surface area contributed by atoms with Crippen LogP contribution in [-0.2, 0) is 7.05 Å². The lowest BCUT2D eigenvalue weighted by molar-refractivity contribution is 0.0640. The van der Waals surface area contributed by atoms with Crippen LogP contribution in [0.5, 0.6) is 5.75 Å². The van der Waals surface area contributed by atoms with Crippen molar-refractivity contribution < 1.29 is 17.9 Å². The van der Waals surface area contributed by atoms with E-state index >= 15 is 4.39 Å². The minimum atomic E-state index is -1.43. The number of benzene rings is 1. The number of aromatic nitrogens is 1. The number of piperazine rings is 1. The number of ether oxygens (including phenoxy) is 1. The number of hydrogen-bond donors (Lipinski definition) is 0. The summed E-state index contributed by atoms with van der Waals surface area (Å²) in [4.78, 5) is 16.1. The largest absolute Gasteiger partial charge is 0.484 e. The Morgan fingerprint density at radius 2 is 1.96 bits per heavy atom. The van der Waals surface area contributed by atoms with Crippen molar-refractivity contribution in [3.05, 3.63) is 33.6 Å². The van der Waals surface area contributed by atoms with E-state index in [1.807, 2.05) is 11.9 Å². The number of aryl methyl sites for hydroxylation is 1. The molecule has 0 bridgehead atoms. The zero-order valence-electron chi connectivity index (χ0n) is 15.0. The van der Waals surface area contributed by atoms with Gasteiger partial charge in [0.05, 0.1) is 23.3 Å². The van der Waals surface area contributed by atoms with Crippen molar-refractivity contribution in [2.45, 2.75) is 32.2 Å². The van der Waals surface area contributed by atoms with E-state index in [2.05, 4.69) is 0 Å². The van der Waals surface area contributed by atoms with Crippen LogP contribution in [0.15, 0.2) is 10.9 Å². The zero-order chi connectivity index (χ0) is 18.9. The third-order valence-corrected chi connectivity index (χ3v) is 5.66. The van der Waals surface area contributed by atoms with Crippen molar-refractivity contribution >= 4 is 16.6 Å². The van der Waals surface area contributed by atoms with Crippen LogP contribution < -0.4 is 15.2 Å². The van der Waals surface area contributed by atoms with Crippen LogP contribution in [0.4, 0.5) is 18.9 Å². The summed E-state index contributed by atoms with van der Waals surface area (Å²) in [6, 6.07) is 0.380. The maximum Gasteiger partial charge on any atom is 0.295 e. The second-order valence-corrected chi connectivity index (χ2v) is 7.16. The summed E-state index contributed by atoms with van der Waals surface area (Å²) >= 11 is 0. The Bertz CT molecular complexity index is 975. The molecule has 1 saturated heterocycles. The summed E-state index contributed by atoms with van der Waals surface area (Å²) in [5, 5.41) is 0.145. The Morgan fingerprint density at radius 3 is 2.65 bits per heavy atom. The topological polar surface area (TPSA) is 37.7 Å². The summed E-state index contributed by atoms with van der Waals surface area (Å²) in [6.45, 7) is 3.71. The summed E-state index contributed by atoms with van der Waals surface area (Å²) in [7, 11) is 3.22. The van der Waals surface area contributed by atoms with E-state index in [1.165, 1.54) is 18.9 Å². The molecule has 5 nitrogen and oxygen atoms in total. The average Bonchev–Trinajstić information content (AvgIpc) is 2.61. The van der Waals surface area contributed by atoms with Crippen molar-refractivity contribution in [2.75, 3.05) is 25.1 Å².